The molecule has 1 aromatic heterocycles. The molecular weight excluding hydrogens is 435 g/mol. The van der Waals surface area contributed by atoms with Crippen molar-refractivity contribution in [3.05, 3.63) is 102 Å². The molecule has 5 rings (SSSR count). The first-order valence-corrected chi connectivity index (χ1v) is 10.7. The summed E-state index contributed by atoms with van der Waals surface area (Å²) in [4.78, 5) is 19.4. The van der Waals surface area contributed by atoms with Gasteiger partial charge < -0.3 is 14.6 Å². The molecule has 0 saturated carbocycles. The summed E-state index contributed by atoms with van der Waals surface area (Å²) < 4.78 is 24.6. The van der Waals surface area contributed by atoms with Crippen molar-refractivity contribution in [1.29, 1.82) is 0 Å². The Kier molecular flexibility index (Phi) is 5.55. The average molecular weight is 456 g/mol. The molecule has 1 atom stereocenters. The largest absolute Gasteiger partial charge is 0.497 e. The monoisotopic (exact) mass is 456 g/mol. The molecule has 34 heavy (non-hydrogen) atoms. The number of benzene rings is 3. The average Bonchev–Trinajstić information content (AvgIpc) is 3.35. The van der Waals surface area contributed by atoms with E-state index in [4.69, 9.17) is 9.26 Å². The minimum atomic E-state index is -0.612. The van der Waals surface area contributed by atoms with E-state index in [2.05, 4.69) is 15.5 Å². The van der Waals surface area contributed by atoms with Crippen LogP contribution >= 0.6 is 0 Å². The maximum absolute atomic E-state index is 13.6. The van der Waals surface area contributed by atoms with Crippen LogP contribution in [0.4, 0.5) is 14.9 Å². The van der Waals surface area contributed by atoms with E-state index >= 15 is 0 Å². The maximum atomic E-state index is 13.6. The lowest BCUT2D eigenvalue weighted by Crippen LogP contribution is -2.46. The summed E-state index contributed by atoms with van der Waals surface area (Å²) in [5.41, 5.74) is 3.33. The number of hydrogen-bond donors (Lipinski definition) is 1. The fourth-order valence-electron chi connectivity index (χ4n) is 4.02. The Morgan fingerprint density at radius 2 is 1.79 bits per heavy atom. The topological polar surface area (TPSA) is 80.5 Å². The van der Waals surface area contributed by atoms with Crippen LogP contribution in [-0.4, -0.2) is 23.3 Å². The number of carbonyl (C=O) groups excluding carboxylic acids is 1. The lowest BCUT2D eigenvalue weighted by Gasteiger charge is -2.35. The smallest absolute Gasteiger partial charge is 0.327 e. The molecule has 170 valence electrons. The molecule has 0 radical (unpaired) electrons. The third kappa shape index (κ3) is 3.90. The van der Waals surface area contributed by atoms with Crippen molar-refractivity contribution in [3.8, 4) is 17.1 Å². The highest BCUT2D eigenvalue weighted by Gasteiger charge is 2.36. The first kappa shape index (κ1) is 21.4. The SMILES string of the molecule is COc1cccc(N2C(=O)NC(c3ccc(F)cc3)C(c3nc(-c4ccccc4)no3)=C2C)c1. The molecular formula is C26H21FN4O3. The Morgan fingerprint density at radius 3 is 2.53 bits per heavy atom. The maximum Gasteiger partial charge on any atom is 0.327 e. The van der Waals surface area contributed by atoms with Crippen molar-refractivity contribution in [2.75, 3.05) is 12.0 Å². The minimum Gasteiger partial charge on any atom is -0.497 e. The highest BCUT2D eigenvalue weighted by atomic mass is 19.1. The molecule has 0 saturated heterocycles. The molecule has 0 spiro atoms. The molecule has 1 aliphatic heterocycles. The van der Waals surface area contributed by atoms with Crippen molar-refractivity contribution in [1.82, 2.24) is 15.5 Å². The van der Waals surface area contributed by atoms with Gasteiger partial charge in [0.15, 0.2) is 0 Å². The Morgan fingerprint density at radius 1 is 1.03 bits per heavy atom. The van der Waals surface area contributed by atoms with Gasteiger partial charge in [0, 0.05) is 17.3 Å². The molecule has 4 aromatic rings. The summed E-state index contributed by atoms with van der Waals surface area (Å²) in [6.07, 6.45) is 0. The van der Waals surface area contributed by atoms with Crippen molar-refractivity contribution < 1.29 is 18.4 Å². The molecule has 0 bridgehead atoms. The lowest BCUT2D eigenvalue weighted by molar-refractivity contribution is 0.244. The van der Waals surface area contributed by atoms with Gasteiger partial charge in [0.25, 0.3) is 5.89 Å². The molecule has 1 aliphatic rings. The Labute approximate surface area is 195 Å². The Bertz CT molecular complexity index is 1370. The van der Waals surface area contributed by atoms with Crippen LogP contribution in [0.5, 0.6) is 5.75 Å². The number of anilines is 1. The first-order valence-electron chi connectivity index (χ1n) is 10.7. The molecule has 0 aliphatic carbocycles. The van der Waals surface area contributed by atoms with Crippen LogP contribution in [-0.2, 0) is 0 Å². The van der Waals surface area contributed by atoms with Gasteiger partial charge in [-0.3, -0.25) is 4.90 Å². The number of halogens is 1. The number of rotatable bonds is 5. The molecule has 7 nitrogen and oxygen atoms in total. The number of aromatic nitrogens is 2. The second kappa shape index (κ2) is 8.82. The number of nitrogens with one attached hydrogen (secondary N) is 1. The van der Waals surface area contributed by atoms with Crippen LogP contribution < -0.4 is 15.0 Å². The van der Waals surface area contributed by atoms with Crippen molar-refractivity contribution >= 4 is 17.3 Å². The van der Waals surface area contributed by atoms with Gasteiger partial charge in [-0.25, -0.2) is 9.18 Å². The van der Waals surface area contributed by atoms with Crippen LogP contribution in [0.25, 0.3) is 17.0 Å². The van der Waals surface area contributed by atoms with Gasteiger partial charge >= 0.3 is 6.03 Å². The van der Waals surface area contributed by atoms with Crippen LogP contribution in [0.2, 0.25) is 0 Å². The molecule has 1 unspecified atom stereocenters. The molecule has 0 fully saturated rings. The predicted octanol–water partition coefficient (Wildman–Crippen LogP) is 5.59. The number of hydrogen-bond acceptors (Lipinski definition) is 5. The van der Waals surface area contributed by atoms with Crippen molar-refractivity contribution in [2.24, 2.45) is 0 Å². The molecule has 2 heterocycles. The van der Waals surface area contributed by atoms with Gasteiger partial charge in [-0.2, -0.15) is 4.98 Å². The van der Waals surface area contributed by atoms with Gasteiger partial charge in [-0.05, 0) is 36.8 Å². The normalized spacial score (nSPS) is 15.9. The van der Waals surface area contributed by atoms with Crippen molar-refractivity contribution in [3.63, 3.8) is 0 Å². The summed E-state index contributed by atoms with van der Waals surface area (Å²) in [6.45, 7) is 1.82. The van der Waals surface area contributed by atoms with E-state index < -0.39 is 6.04 Å². The second-order valence-corrected chi connectivity index (χ2v) is 7.76. The van der Waals surface area contributed by atoms with Crippen molar-refractivity contribution in [2.45, 2.75) is 13.0 Å². The summed E-state index contributed by atoms with van der Waals surface area (Å²) >= 11 is 0. The first-order chi connectivity index (χ1) is 16.5. The predicted molar refractivity (Wildman–Crippen MR) is 125 cm³/mol. The number of allylic oxidation sites excluding steroid dienone is 1. The summed E-state index contributed by atoms with van der Waals surface area (Å²) in [6, 6.07) is 21.7. The number of urea groups is 1. The number of ether oxygens (including phenoxy) is 1. The highest BCUT2D eigenvalue weighted by molar-refractivity contribution is 6.01. The van der Waals surface area contributed by atoms with E-state index in [1.54, 1.807) is 37.4 Å². The summed E-state index contributed by atoms with van der Waals surface area (Å²) in [5.74, 6) is 0.942. The van der Waals surface area contributed by atoms with Crippen LogP contribution in [0.1, 0.15) is 24.4 Å². The molecule has 1 N–H and O–H groups in total. The third-order valence-corrected chi connectivity index (χ3v) is 5.69. The van der Waals surface area contributed by atoms with Gasteiger partial charge in [-0.1, -0.05) is 53.7 Å². The molecule has 3 aromatic carbocycles. The zero-order valence-electron chi connectivity index (χ0n) is 18.5. The third-order valence-electron chi connectivity index (χ3n) is 5.69. The number of nitrogens with zero attached hydrogens (tertiary/aromatic N) is 3. The molecule has 2 amide bonds. The van der Waals surface area contributed by atoms with Crippen LogP contribution in [0.3, 0.4) is 0 Å². The Balaban J connectivity index is 1.66. The zero-order chi connectivity index (χ0) is 23.7. The zero-order valence-corrected chi connectivity index (χ0v) is 18.5. The summed E-state index contributed by atoms with van der Waals surface area (Å²) in [7, 11) is 1.57. The van der Waals surface area contributed by atoms with Crippen LogP contribution in [0.15, 0.2) is 89.1 Å². The van der Waals surface area contributed by atoms with Crippen LogP contribution in [0, 0.1) is 5.82 Å². The van der Waals surface area contributed by atoms with E-state index in [1.165, 1.54) is 17.0 Å². The highest BCUT2D eigenvalue weighted by Crippen LogP contribution is 2.39. The van der Waals surface area contributed by atoms with E-state index in [1.807, 2.05) is 43.3 Å². The summed E-state index contributed by atoms with van der Waals surface area (Å²) in [5, 5.41) is 7.16. The number of amides is 2. The standard InChI is InChI=1S/C26H21FN4O3/c1-16-22(25-29-24(30-34-25)18-7-4-3-5-8-18)23(17-11-13-19(27)14-12-17)28-26(32)31(16)20-9-6-10-21(15-20)33-2/h3-15,23H,1-2H3,(H,28,32). The van der Waals surface area contributed by atoms with Gasteiger partial charge in [0.05, 0.1) is 24.4 Å². The van der Waals surface area contributed by atoms with Gasteiger partial charge in [-0.15, -0.1) is 0 Å². The number of carbonyl (C=O) groups is 1. The van der Waals surface area contributed by atoms with E-state index in [9.17, 15) is 9.18 Å². The lowest BCUT2D eigenvalue weighted by atomic mass is 9.94. The Hall–Kier alpha value is -4.46. The van der Waals surface area contributed by atoms with E-state index in [-0.39, 0.29) is 17.7 Å². The van der Waals surface area contributed by atoms with E-state index in [0.29, 0.717) is 34.1 Å². The fraction of sp³-hybridized carbons (Fsp3) is 0.115. The van der Waals surface area contributed by atoms with E-state index in [0.717, 1.165) is 5.56 Å². The van der Waals surface area contributed by atoms with Gasteiger partial charge in [0.2, 0.25) is 5.82 Å². The molecule has 8 heteroatoms. The minimum absolute atomic E-state index is 0.263. The fourth-order valence-corrected chi connectivity index (χ4v) is 4.02. The number of methoxy groups -OCH3 is 1. The van der Waals surface area contributed by atoms with Gasteiger partial charge in [0.1, 0.15) is 11.6 Å². The quantitative estimate of drug-likeness (QED) is 0.424. The second-order valence-electron chi connectivity index (χ2n) is 7.76.